The van der Waals surface area contributed by atoms with Gasteiger partial charge < -0.3 is 4.74 Å². The van der Waals surface area contributed by atoms with E-state index in [-0.39, 0.29) is 23.2 Å². The highest BCUT2D eigenvalue weighted by Gasteiger charge is 2.36. The number of thiocarbonyl (C=S) groups is 1. The first-order valence-electron chi connectivity index (χ1n) is 5.75. The second kappa shape index (κ2) is 5.37. The van der Waals surface area contributed by atoms with Crippen LogP contribution in [0, 0.1) is 0 Å². The van der Waals surface area contributed by atoms with Crippen LogP contribution in [0.4, 0.5) is 0 Å². The molecule has 1 aliphatic heterocycles. The summed E-state index contributed by atoms with van der Waals surface area (Å²) in [5.41, 5.74) is 1.15. The largest absolute Gasteiger partial charge is 0.381 e. The number of hydrogen-bond donors (Lipinski definition) is 0. The highest BCUT2D eigenvalue weighted by Crippen LogP contribution is 2.23. The number of nitrogens with zero attached hydrogens (tertiary/aromatic N) is 1. The molecule has 0 spiro atoms. The number of ether oxygens (including phenoxy) is 1. The SMILES string of the molecule is CCOCCC(=O)N1C(=O)c2ccccc2C1=S. The molecule has 0 bridgehead atoms. The van der Waals surface area contributed by atoms with Gasteiger partial charge in [-0.05, 0) is 13.0 Å². The maximum absolute atomic E-state index is 12.1. The molecule has 94 valence electrons. The van der Waals surface area contributed by atoms with Gasteiger partial charge in [-0.3, -0.25) is 9.59 Å². The van der Waals surface area contributed by atoms with Gasteiger partial charge in [0.25, 0.3) is 5.91 Å². The summed E-state index contributed by atoms with van der Waals surface area (Å²) < 4.78 is 5.11. The predicted octanol–water partition coefficient (Wildman–Crippen LogP) is 1.77. The summed E-state index contributed by atoms with van der Waals surface area (Å²) >= 11 is 5.17. The molecule has 0 fully saturated rings. The quantitative estimate of drug-likeness (QED) is 0.613. The van der Waals surface area contributed by atoms with E-state index < -0.39 is 0 Å². The van der Waals surface area contributed by atoms with Crippen molar-refractivity contribution in [1.82, 2.24) is 4.90 Å². The Balaban J connectivity index is 2.16. The molecule has 5 heteroatoms. The first-order chi connectivity index (χ1) is 8.66. The lowest BCUT2D eigenvalue weighted by atomic mass is 10.1. The summed E-state index contributed by atoms with van der Waals surface area (Å²) in [5.74, 6) is -0.647. The van der Waals surface area contributed by atoms with Gasteiger partial charge in [0.15, 0.2) is 0 Å². The van der Waals surface area contributed by atoms with Crippen LogP contribution in [0.2, 0.25) is 0 Å². The molecule has 1 heterocycles. The van der Waals surface area contributed by atoms with Crippen molar-refractivity contribution in [3.05, 3.63) is 35.4 Å². The summed E-state index contributed by atoms with van der Waals surface area (Å²) in [6.45, 7) is 2.70. The highest BCUT2D eigenvalue weighted by atomic mass is 32.1. The van der Waals surface area contributed by atoms with E-state index in [9.17, 15) is 9.59 Å². The third-order valence-corrected chi connectivity index (χ3v) is 3.11. The molecular formula is C13H13NO3S. The van der Waals surface area contributed by atoms with Crippen molar-refractivity contribution in [2.45, 2.75) is 13.3 Å². The number of carbonyl (C=O) groups excluding carboxylic acids is 2. The van der Waals surface area contributed by atoms with E-state index in [2.05, 4.69) is 0 Å². The van der Waals surface area contributed by atoms with E-state index >= 15 is 0 Å². The maximum atomic E-state index is 12.1. The van der Waals surface area contributed by atoms with Crippen LogP contribution in [-0.2, 0) is 9.53 Å². The first-order valence-corrected chi connectivity index (χ1v) is 6.16. The van der Waals surface area contributed by atoms with Gasteiger partial charge in [0.2, 0.25) is 5.91 Å². The molecule has 18 heavy (non-hydrogen) atoms. The Bertz CT molecular complexity index is 478. The normalized spacial score (nSPS) is 13.9. The molecule has 0 radical (unpaired) electrons. The maximum Gasteiger partial charge on any atom is 0.266 e. The second-order valence-corrected chi connectivity index (χ2v) is 4.22. The Hall–Kier alpha value is -1.59. The number of rotatable bonds is 4. The fourth-order valence-electron chi connectivity index (χ4n) is 1.83. The number of carbonyl (C=O) groups is 2. The summed E-state index contributed by atoms with van der Waals surface area (Å²) in [4.78, 5) is 25.4. The van der Waals surface area contributed by atoms with Crippen molar-refractivity contribution in [2.24, 2.45) is 0 Å². The lowest BCUT2D eigenvalue weighted by Gasteiger charge is -2.13. The summed E-state index contributed by atoms with van der Waals surface area (Å²) in [6.07, 6.45) is 0.160. The monoisotopic (exact) mass is 263 g/mol. The molecule has 0 aromatic heterocycles. The van der Waals surface area contributed by atoms with Crippen molar-refractivity contribution in [3.8, 4) is 0 Å². The van der Waals surface area contributed by atoms with Crippen molar-refractivity contribution in [2.75, 3.05) is 13.2 Å². The van der Waals surface area contributed by atoms with Crippen LogP contribution in [0.1, 0.15) is 29.3 Å². The Labute approximate surface area is 111 Å². The molecule has 0 saturated heterocycles. The van der Waals surface area contributed by atoms with Gasteiger partial charge in [-0.25, -0.2) is 4.90 Å². The van der Waals surface area contributed by atoms with E-state index in [1.165, 1.54) is 0 Å². The van der Waals surface area contributed by atoms with Crippen LogP contribution in [-0.4, -0.2) is 34.9 Å². The number of fused-ring (bicyclic) bond motifs is 1. The van der Waals surface area contributed by atoms with Gasteiger partial charge in [-0.15, -0.1) is 0 Å². The summed E-state index contributed by atoms with van der Waals surface area (Å²) in [7, 11) is 0. The molecule has 2 amide bonds. The Kier molecular flexibility index (Phi) is 3.84. The van der Waals surface area contributed by atoms with Gasteiger partial charge in [0.05, 0.1) is 18.6 Å². The molecule has 1 aromatic rings. The Morgan fingerprint density at radius 2 is 2.00 bits per heavy atom. The molecule has 1 aromatic carbocycles. The van der Waals surface area contributed by atoms with Crippen LogP contribution >= 0.6 is 12.2 Å². The molecule has 0 saturated carbocycles. The molecule has 0 N–H and O–H groups in total. The third-order valence-electron chi connectivity index (χ3n) is 2.71. The fourth-order valence-corrected chi connectivity index (χ4v) is 2.19. The zero-order chi connectivity index (χ0) is 13.1. The van der Waals surface area contributed by atoms with Gasteiger partial charge in [0, 0.05) is 12.2 Å². The lowest BCUT2D eigenvalue weighted by Crippen LogP contribution is -2.36. The van der Waals surface area contributed by atoms with Crippen LogP contribution in [0.15, 0.2) is 24.3 Å². The second-order valence-electron chi connectivity index (χ2n) is 3.83. The summed E-state index contributed by atoms with van der Waals surface area (Å²) in [6, 6.07) is 6.99. The minimum absolute atomic E-state index is 0.160. The topological polar surface area (TPSA) is 46.6 Å². The molecular weight excluding hydrogens is 250 g/mol. The van der Waals surface area contributed by atoms with Crippen LogP contribution in [0.5, 0.6) is 0 Å². The third kappa shape index (κ3) is 2.19. The van der Waals surface area contributed by atoms with Crippen molar-refractivity contribution < 1.29 is 14.3 Å². The minimum Gasteiger partial charge on any atom is -0.381 e. The average molecular weight is 263 g/mol. The van der Waals surface area contributed by atoms with E-state index in [0.29, 0.717) is 24.3 Å². The van der Waals surface area contributed by atoms with Gasteiger partial charge >= 0.3 is 0 Å². The zero-order valence-corrected chi connectivity index (χ0v) is 10.8. The van der Waals surface area contributed by atoms with Crippen LogP contribution < -0.4 is 0 Å². The van der Waals surface area contributed by atoms with Crippen LogP contribution in [0.3, 0.4) is 0 Å². The molecule has 1 aliphatic rings. The zero-order valence-electron chi connectivity index (χ0n) is 10.0. The van der Waals surface area contributed by atoms with Crippen molar-refractivity contribution in [3.63, 3.8) is 0 Å². The standard InChI is InChI=1S/C13H13NO3S/c1-2-17-8-7-11(15)14-12(16)9-5-3-4-6-10(9)13(14)18/h3-6H,2,7-8H2,1H3. The van der Waals surface area contributed by atoms with Crippen molar-refractivity contribution >= 4 is 29.0 Å². The number of amides is 2. The minimum atomic E-state index is -0.336. The number of hydrogen-bond acceptors (Lipinski definition) is 4. The molecule has 0 atom stereocenters. The Morgan fingerprint density at radius 1 is 1.33 bits per heavy atom. The first kappa shape index (κ1) is 12.9. The molecule has 2 rings (SSSR count). The average Bonchev–Trinajstić information content (AvgIpc) is 2.63. The molecule has 0 aliphatic carbocycles. The van der Waals surface area contributed by atoms with Crippen LogP contribution in [0.25, 0.3) is 0 Å². The van der Waals surface area contributed by atoms with Gasteiger partial charge in [-0.2, -0.15) is 0 Å². The van der Waals surface area contributed by atoms with E-state index in [1.54, 1.807) is 24.3 Å². The van der Waals surface area contributed by atoms with Crippen molar-refractivity contribution in [1.29, 1.82) is 0 Å². The lowest BCUT2D eigenvalue weighted by molar-refractivity contribution is -0.126. The van der Waals surface area contributed by atoms with E-state index in [4.69, 9.17) is 17.0 Å². The summed E-state index contributed by atoms with van der Waals surface area (Å²) in [5, 5.41) is 0. The fraction of sp³-hybridized carbons (Fsp3) is 0.308. The molecule has 4 nitrogen and oxygen atoms in total. The molecule has 0 unspecified atom stereocenters. The van der Waals surface area contributed by atoms with E-state index in [0.717, 1.165) is 4.90 Å². The van der Waals surface area contributed by atoms with Gasteiger partial charge in [-0.1, -0.05) is 30.4 Å². The van der Waals surface area contributed by atoms with Gasteiger partial charge in [0.1, 0.15) is 4.99 Å². The highest BCUT2D eigenvalue weighted by molar-refractivity contribution is 7.80. The predicted molar refractivity (Wildman–Crippen MR) is 70.4 cm³/mol. The Morgan fingerprint density at radius 3 is 2.61 bits per heavy atom. The number of imide groups is 1. The smallest absolute Gasteiger partial charge is 0.266 e. The number of benzene rings is 1. The van der Waals surface area contributed by atoms with E-state index in [1.807, 2.05) is 6.92 Å².